The normalized spacial score (nSPS) is 11.1. The molecule has 0 saturated heterocycles. The zero-order valence-electron chi connectivity index (χ0n) is 8.20. The van der Waals surface area contributed by atoms with Crippen LogP contribution in [0.2, 0.25) is 0 Å². The van der Waals surface area contributed by atoms with Gasteiger partial charge in [0.15, 0.2) is 4.67 Å². The molecule has 0 aliphatic heterocycles. The van der Waals surface area contributed by atoms with Gasteiger partial charge in [-0.2, -0.15) is 0 Å². The number of hydrogen-bond donors (Lipinski definition) is 2. The molecule has 4 nitrogen and oxygen atoms in total. The van der Waals surface area contributed by atoms with Crippen LogP contribution in [0, 0.1) is 0 Å². The summed E-state index contributed by atoms with van der Waals surface area (Å²) in [5, 5.41) is 0. The lowest BCUT2D eigenvalue weighted by molar-refractivity contribution is 0.542. The van der Waals surface area contributed by atoms with E-state index in [9.17, 15) is 0 Å². The van der Waals surface area contributed by atoms with Crippen LogP contribution in [0.3, 0.4) is 0 Å². The Hall–Kier alpha value is -1.75. The van der Waals surface area contributed by atoms with Crippen LogP contribution in [0.15, 0.2) is 39.6 Å². The number of rotatable bonds is 1. The summed E-state index contributed by atoms with van der Waals surface area (Å²) in [5.74, 6) is 0.744. The molecule has 3 N–H and O–H groups in total. The molecule has 3 aromatic rings. The number of nitrogens with one attached hydrogen (secondary N) is 1. The van der Waals surface area contributed by atoms with Gasteiger partial charge in [-0.1, -0.05) is 6.07 Å². The summed E-state index contributed by atoms with van der Waals surface area (Å²) in [7, 11) is 0. The summed E-state index contributed by atoms with van der Waals surface area (Å²) >= 11 is 3.32. The molecule has 0 saturated carbocycles. The number of aromatic nitrogens is 2. The molecule has 0 spiro atoms. The first-order valence-corrected chi connectivity index (χ1v) is 5.52. The molecular formula is C11H8BrN3O. The highest BCUT2D eigenvalue weighted by Crippen LogP contribution is 2.29. The largest absolute Gasteiger partial charge is 0.457 e. The molecule has 0 atom stereocenters. The second kappa shape index (κ2) is 3.38. The Morgan fingerprint density at radius 3 is 2.88 bits per heavy atom. The molecule has 5 heteroatoms. The molecule has 0 amide bonds. The van der Waals surface area contributed by atoms with Gasteiger partial charge in [0, 0.05) is 0 Å². The van der Waals surface area contributed by atoms with Gasteiger partial charge in [-0.15, -0.1) is 0 Å². The third-order valence-electron chi connectivity index (χ3n) is 2.42. The van der Waals surface area contributed by atoms with E-state index in [1.165, 1.54) is 0 Å². The van der Waals surface area contributed by atoms with Crippen LogP contribution in [0.1, 0.15) is 0 Å². The lowest BCUT2D eigenvalue weighted by Crippen LogP contribution is -1.84. The molecule has 0 fully saturated rings. The van der Waals surface area contributed by atoms with Crippen molar-refractivity contribution in [3.63, 3.8) is 0 Å². The highest BCUT2D eigenvalue weighted by molar-refractivity contribution is 9.10. The van der Waals surface area contributed by atoms with E-state index < -0.39 is 0 Å². The zero-order valence-corrected chi connectivity index (χ0v) is 9.78. The molecule has 2 heterocycles. The third kappa shape index (κ3) is 1.32. The first-order valence-electron chi connectivity index (χ1n) is 4.73. The Morgan fingerprint density at radius 1 is 1.31 bits per heavy atom. The first-order chi connectivity index (χ1) is 7.75. The van der Waals surface area contributed by atoms with Crippen LogP contribution in [-0.4, -0.2) is 9.97 Å². The Kier molecular flexibility index (Phi) is 2.00. The fourth-order valence-corrected chi connectivity index (χ4v) is 2.07. The highest BCUT2D eigenvalue weighted by atomic mass is 79.9. The van der Waals surface area contributed by atoms with Crippen LogP contribution >= 0.6 is 15.9 Å². The number of hydrogen-bond acceptors (Lipinski definition) is 3. The van der Waals surface area contributed by atoms with Crippen molar-refractivity contribution in [1.82, 2.24) is 9.97 Å². The van der Waals surface area contributed by atoms with Gasteiger partial charge in [-0.3, -0.25) is 0 Å². The maximum Gasteiger partial charge on any atom is 0.179 e. The lowest BCUT2D eigenvalue weighted by Gasteiger charge is -1.90. The standard InChI is InChI=1S/C11H8BrN3O/c12-10-6(4-5-16-10)11-14-8-3-1-2-7(13)9(8)15-11/h1-5H,13H2,(H,14,15). The number of halogens is 1. The van der Waals surface area contributed by atoms with E-state index >= 15 is 0 Å². The fourth-order valence-electron chi connectivity index (χ4n) is 1.64. The Morgan fingerprint density at radius 2 is 2.19 bits per heavy atom. The SMILES string of the molecule is Nc1cccc2[nH]c(-c3ccoc3Br)nc12. The topological polar surface area (TPSA) is 67.8 Å². The van der Waals surface area contributed by atoms with Crippen LogP contribution in [0.4, 0.5) is 5.69 Å². The van der Waals surface area contributed by atoms with E-state index in [1.54, 1.807) is 6.26 Å². The van der Waals surface area contributed by atoms with Gasteiger partial charge >= 0.3 is 0 Å². The van der Waals surface area contributed by atoms with Gasteiger partial charge in [0.25, 0.3) is 0 Å². The van der Waals surface area contributed by atoms with E-state index in [0.29, 0.717) is 10.4 Å². The second-order valence-electron chi connectivity index (χ2n) is 3.44. The van der Waals surface area contributed by atoms with Crippen LogP contribution in [-0.2, 0) is 0 Å². The molecule has 0 aliphatic rings. The molecule has 0 aliphatic carbocycles. The third-order valence-corrected chi connectivity index (χ3v) is 3.03. The fraction of sp³-hybridized carbons (Fsp3) is 0. The Bertz CT molecular complexity index is 656. The number of anilines is 1. The van der Waals surface area contributed by atoms with Crippen molar-refractivity contribution in [2.45, 2.75) is 0 Å². The van der Waals surface area contributed by atoms with E-state index in [-0.39, 0.29) is 0 Å². The number of benzene rings is 1. The number of imidazole rings is 1. The molecule has 0 unspecified atom stereocenters. The number of nitrogens with zero attached hydrogens (tertiary/aromatic N) is 1. The molecule has 3 rings (SSSR count). The molecular weight excluding hydrogens is 270 g/mol. The predicted molar refractivity (Wildman–Crippen MR) is 65.9 cm³/mol. The summed E-state index contributed by atoms with van der Waals surface area (Å²) in [6.07, 6.45) is 1.61. The number of para-hydroxylation sites is 1. The minimum Gasteiger partial charge on any atom is -0.457 e. The zero-order chi connectivity index (χ0) is 11.1. The second-order valence-corrected chi connectivity index (χ2v) is 4.16. The van der Waals surface area contributed by atoms with E-state index in [1.807, 2.05) is 24.3 Å². The van der Waals surface area contributed by atoms with Crippen molar-refractivity contribution >= 4 is 32.7 Å². The van der Waals surface area contributed by atoms with Gasteiger partial charge in [0.05, 0.1) is 23.0 Å². The van der Waals surface area contributed by atoms with E-state index in [0.717, 1.165) is 22.4 Å². The number of H-pyrrole nitrogens is 1. The van der Waals surface area contributed by atoms with Crippen molar-refractivity contribution in [3.05, 3.63) is 35.2 Å². The number of nitrogen functional groups attached to an aromatic ring is 1. The van der Waals surface area contributed by atoms with Gasteiger partial charge in [0.2, 0.25) is 0 Å². The molecule has 0 bridgehead atoms. The number of aromatic amines is 1. The maximum atomic E-state index is 5.84. The minimum atomic E-state index is 0.658. The van der Waals surface area contributed by atoms with E-state index in [4.69, 9.17) is 10.2 Å². The summed E-state index contributed by atoms with van der Waals surface area (Å²) in [6, 6.07) is 7.51. The molecule has 2 aromatic heterocycles. The molecule has 0 radical (unpaired) electrons. The number of nitrogens with two attached hydrogens (primary N) is 1. The van der Waals surface area contributed by atoms with Crippen molar-refractivity contribution in [1.29, 1.82) is 0 Å². The van der Waals surface area contributed by atoms with Crippen molar-refractivity contribution in [2.75, 3.05) is 5.73 Å². The predicted octanol–water partition coefficient (Wildman–Crippen LogP) is 3.17. The Balaban J connectivity index is 2.27. The molecule has 80 valence electrons. The molecule has 16 heavy (non-hydrogen) atoms. The van der Waals surface area contributed by atoms with Crippen LogP contribution < -0.4 is 5.73 Å². The quantitative estimate of drug-likeness (QED) is 0.672. The van der Waals surface area contributed by atoms with Gasteiger partial charge in [-0.25, -0.2) is 4.98 Å². The maximum absolute atomic E-state index is 5.84. The van der Waals surface area contributed by atoms with Crippen LogP contribution in [0.25, 0.3) is 22.4 Å². The average molecular weight is 278 g/mol. The van der Waals surface area contributed by atoms with E-state index in [2.05, 4.69) is 25.9 Å². The van der Waals surface area contributed by atoms with Crippen molar-refractivity contribution < 1.29 is 4.42 Å². The van der Waals surface area contributed by atoms with Crippen LogP contribution in [0.5, 0.6) is 0 Å². The smallest absolute Gasteiger partial charge is 0.179 e. The monoisotopic (exact) mass is 277 g/mol. The summed E-state index contributed by atoms with van der Waals surface area (Å²) in [6.45, 7) is 0. The highest BCUT2D eigenvalue weighted by Gasteiger charge is 2.11. The summed E-state index contributed by atoms with van der Waals surface area (Å²) in [4.78, 5) is 7.64. The van der Waals surface area contributed by atoms with Gasteiger partial charge in [-0.05, 0) is 34.1 Å². The van der Waals surface area contributed by atoms with Crippen molar-refractivity contribution in [2.24, 2.45) is 0 Å². The Labute approximate surface area is 99.6 Å². The van der Waals surface area contributed by atoms with Gasteiger partial charge in [0.1, 0.15) is 11.3 Å². The first kappa shape index (κ1) is 9.47. The number of furan rings is 1. The van der Waals surface area contributed by atoms with Gasteiger partial charge < -0.3 is 15.1 Å². The lowest BCUT2D eigenvalue weighted by atomic mass is 10.3. The average Bonchev–Trinajstić information content (AvgIpc) is 2.84. The summed E-state index contributed by atoms with van der Waals surface area (Å²) < 4.78 is 5.83. The molecule has 1 aromatic carbocycles. The minimum absolute atomic E-state index is 0.658. The summed E-state index contributed by atoms with van der Waals surface area (Å²) in [5.41, 5.74) is 9.10. The number of fused-ring (bicyclic) bond motifs is 1. The van der Waals surface area contributed by atoms with Crippen molar-refractivity contribution in [3.8, 4) is 11.4 Å².